The molecule has 0 aromatic heterocycles. The van der Waals surface area contributed by atoms with Crippen molar-refractivity contribution in [1.29, 1.82) is 0 Å². The molecule has 0 unspecified atom stereocenters. The molecule has 0 aliphatic heterocycles. The third-order valence-electron chi connectivity index (χ3n) is 0.0417. The Labute approximate surface area is 116 Å². The zero-order valence-electron chi connectivity index (χ0n) is 6.71. The molecule has 8 nitrogen and oxygen atoms in total. The minimum absolute atomic E-state index is 0. The summed E-state index contributed by atoms with van der Waals surface area (Å²) in [5.41, 5.74) is 0. The summed E-state index contributed by atoms with van der Waals surface area (Å²) in [7, 11) is 0. The van der Waals surface area contributed by atoms with Gasteiger partial charge in [0.25, 0.3) is 0 Å². The first-order chi connectivity index (χ1) is 3.91. The Morgan fingerprint density at radius 3 is 0.706 bits per heavy atom. The summed E-state index contributed by atoms with van der Waals surface area (Å²) in [5, 5.41) is 0. The number of hydrogen-bond donors (Lipinski definition) is 0. The molecular formula is C9H44O8+4. The van der Waals surface area contributed by atoms with Gasteiger partial charge in [0.1, 0.15) is 0 Å². The van der Waals surface area contributed by atoms with Crippen LogP contribution in [-0.2, 0) is 24.1 Å². The maximum atomic E-state index is 8.62. The first-order valence-electron chi connectivity index (χ1n) is 1.07. The number of hydrogen-bond acceptors (Lipinski definition) is 0. The van der Waals surface area contributed by atoms with Crippen molar-refractivity contribution in [3.63, 3.8) is 0 Å². The van der Waals surface area contributed by atoms with Gasteiger partial charge in [-0.05, 0) is 0 Å². The van der Waals surface area contributed by atoms with Crippen LogP contribution >= 0.6 is 0 Å². The Morgan fingerprint density at radius 2 is 0.706 bits per heavy atom. The van der Waals surface area contributed by atoms with E-state index in [1.807, 2.05) is 0 Å². The van der Waals surface area contributed by atoms with E-state index in [1.165, 1.54) is 0 Å². The summed E-state index contributed by atoms with van der Waals surface area (Å²) in [6.45, 7) is 9.00. The molecule has 124 valence electrons. The predicted molar refractivity (Wildman–Crippen MR) is 83.0 cm³/mol. The van der Waals surface area contributed by atoms with Crippen molar-refractivity contribution in [1.82, 2.24) is 0 Å². The monoisotopic (exact) mass is 280 g/mol. The average molecular weight is 280 g/mol. The van der Waals surface area contributed by atoms with E-state index >= 15 is 0 Å². The molecule has 0 aromatic rings. The van der Waals surface area contributed by atoms with Gasteiger partial charge in [0.05, 0.1) is 0 Å². The van der Waals surface area contributed by atoms with Crippen molar-refractivity contribution >= 4 is 0 Å². The molecule has 0 rings (SSSR count). The third kappa shape index (κ3) is 21600. The SMILES string of the molecule is C.C.C.C.O.O.O.[C-]#[O+].[C-]#[O+].[CH3+].[HH].[HH].[HH].[HH].[HH].[HH].[HH].[HH].[O+]#CC#[O+].[OH3+]. The molecule has 9 N–H and O–H groups in total. The largest absolute Gasteiger partial charge is 0.457 e. The fourth-order valence-electron chi connectivity index (χ4n) is 0. The molecule has 8 heteroatoms. The number of rotatable bonds is 0. The maximum absolute atomic E-state index is 8.62. The Balaban J connectivity index is -0.000000000638. The van der Waals surface area contributed by atoms with E-state index in [9.17, 15) is 0 Å². The van der Waals surface area contributed by atoms with Crippen molar-refractivity contribution in [3.05, 3.63) is 20.7 Å². The van der Waals surface area contributed by atoms with E-state index in [0.29, 0.717) is 0 Å². The smallest absolute Gasteiger partial charge is 0.457 e. The Kier molecular flexibility index (Phi) is 89900. The topological polar surface area (TPSA) is 207 Å². The molecule has 0 saturated carbocycles. The van der Waals surface area contributed by atoms with Gasteiger partial charge in [-0.1, -0.05) is 29.7 Å². The molecule has 0 aromatic carbocycles. The summed E-state index contributed by atoms with van der Waals surface area (Å²) < 4.78 is 32.2. The molecule has 0 bridgehead atoms. The third-order valence-corrected chi connectivity index (χ3v) is 0.0417. The molecule has 0 aliphatic rings. The summed E-state index contributed by atoms with van der Waals surface area (Å²) in [4.78, 5) is 0. The zero-order valence-corrected chi connectivity index (χ0v) is 6.71. The average Bonchev–Trinajstić information content (AvgIpc) is 1.96. The van der Waals surface area contributed by atoms with E-state index < -0.39 is 0 Å². The first-order valence-corrected chi connectivity index (χ1v) is 1.07. The van der Waals surface area contributed by atoms with Crippen LogP contribution in [0.3, 0.4) is 0 Å². The Morgan fingerprint density at radius 1 is 0.647 bits per heavy atom. The van der Waals surface area contributed by atoms with Crippen LogP contribution in [0.15, 0.2) is 0 Å². The van der Waals surface area contributed by atoms with Crippen LogP contribution in [0.1, 0.15) is 41.1 Å². The maximum Gasteiger partial charge on any atom is -0.457 e. The van der Waals surface area contributed by atoms with Crippen molar-refractivity contribution in [2.45, 2.75) is 29.7 Å². The molecule has 0 atom stereocenters. The Bertz CT molecular complexity index is 143. The molecule has 0 aliphatic carbocycles. The minimum Gasteiger partial charge on any atom is -0.457 e. The van der Waals surface area contributed by atoms with Gasteiger partial charge in [-0.3, -0.25) is 0 Å². The zero-order chi connectivity index (χ0) is 7.41. The molecule has 0 spiro atoms. The van der Waals surface area contributed by atoms with E-state index in [0.717, 1.165) is 12.3 Å². The molecule has 0 heterocycles. The minimum atomic E-state index is 0. The van der Waals surface area contributed by atoms with Gasteiger partial charge in [0.15, 0.2) is 0 Å². The fourth-order valence-corrected chi connectivity index (χ4v) is 0. The standard InChI is InChI=1S/C2O2.2CO.4CH4.CH3.4H2O.8H2/c3-1-2-4;2*1-2;;;;;;;;;;;;;;;;;/h;;;4*1H4;1H3;4*1H2;8*1H/q+2;;;;;;;+1;;;;;;;;;;;;/p+1. The van der Waals surface area contributed by atoms with Gasteiger partial charge in [-0.2, -0.15) is 0 Å². The summed E-state index contributed by atoms with van der Waals surface area (Å²) in [6, 6.07) is 0. The van der Waals surface area contributed by atoms with Crippen LogP contribution in [0.2, 0.25) is 0 Å². The van der Waals surface area contributed by atoms with Crippen molar-refractivity contribution in [2.24, 2.45) is 0 Å². The van der Waals surface area contributed by atoms with Gasteiger partial charge in [0.2, 0.25) is 0 Å². The summed E-state index contributed by atoms with van der Waals surface area (Å²) in [5.74, 6) is 0. The summed E-state index contributed by atoms with van der Waals surface area (Å²) in [6.07, 6.45) is 1.75. The van der Waals surface area contributed by atoms with Gasteiger partial charge in [0, 0.05) is 18.8 Å². The Hall–Kier alpha value is -1.33. The fraction of sp³-hybridized carbons (Fsp3) is 0.444. The second-order valence-electron chi connectivity index (χ2n) is 0.204. The van der Waals surface area contributed by atoms with E-state index in [2.05, 4.69) is 13.3 Å². The second kappa shape index (κ2) is 6110. The second-order valence-corrected chi connectivity index (χ2v) is 0.204. The van der Waals surface area contributed by atoms with Crippen LogP contribution in [0, 0.1) is 33.0 Å². The van der Waals surface area contributed by atoms with Gasteiger partial charge < -0.3 is 21.9 Å². The van der Waals surface area contributed by atoms with E-state index in [-0.39, 0.29) is 70.5 Å². The molecule has 17 heavy (non-hydrogen) atoms. The van der Waals surface area contributed by atoms with Crippen molar-refractivity contribution < 1.29 is 51.9 Å². The van der Waals surface area contributed by atoms with E-state index in [1.54, 1.807) is 0 Å². The molecule has 0 saturated heterocycles. The molecule has 0 fully saturated rings. The van der Waals surface area contributed by atoms with Crippen molar-refractivity contribution in [3.8, 4) is 12.3 Å². The van der Waals surface area contributed by atoms with Crippen LogP contribution in [0.4, 0.5) is 0 Å². The first kappa shape index (κ1) is 250. The predicted octanol–water partition coefficient (Wildman–Crippen LogP) is 1.26. The van der Waals surface area contributed by atoms with E-state index in [4.69, 9.17) is 18.6 Å². The van der Waals surface area contributed by atoms with Crippen LogP contribution < -0.4 is 0 Å². The van der Waals surface area contributed by atoms with Crippen molar-refractivity contribution in [2.75, 3.05) is 0 Å². The molecule has 0 amide bonds. The van der Waals surface area contributed by atoms with Gasteiger partial charge in [-0.15, -0.1) is 0 Å². The normalized spacial score (nSPS) is 0.824. The summed E-state index contributed by atoms with van der Waals surface area (Å²) >= 11 is 0. The quantitative estimate of drug-likeness (QED) is 0.453. The van der Waals surface area contributed by atoms with Crippen LogP contribution in [0.5, 0.6) is 0 Å². The molecule has 0 radical (unpaired) electrons. The van der Waals surface area contributed by atoms with Gasteiger partial charge >= 0.3 is 44.2 Å². The van der Waals surface area contributed by atoms with Gasteiger partial charge in [-0.25, -0.2) is 0 Å². The molecular weight excluding hydrogens is 236 g/mol. The van der Waals surface area contributed by atoms with Crippen LogP contribution in [0.25, 0.3) is 0 Å². The van der Waals surface area contributed by atoms with Crippen LogP contribution in [-0.4, -0.2) is 16.4 Å².